The van der Waals surface area contributed by atoms with Crippen molar-refractivity contribution in [3.63, 3.8) is 0 Å². The Hall–Kier alpha value is -2.45. The first-order chi connectivity index (χ1) is 9.63. The zero-order chi connectivity index (χ0) is 14.3. The molecule has 0 aliphatic carbocycles. The van der Waals surface area contributed by atoms with Gasteiger partial charge in [0.05, 0.1) is 11.5 Å². The van der Waals surface area contributed by atoms with Gasteiger partial charge in [0, 0.05) is 5.02 Å². The van der Waals surface area contributed by atoms with Crippen molar-refractivity contribution in [3.8, 4) is 6.07 Å². The number of benzene rings is 1. The van der Waals surface area contributed by atoms with Gasteiger partial charge in [0.25, 0.3) is 0 Å². The van der Waals surface area contributed by atoms with Crippen molar-refractivity contribution in [2.24, 2.45) is 5.73 Å². The SMILES string of the molecule is N#CC1=C(N)OC2=C(C(=O)OC2)[C@H]1c1ccccc1Cl. The molecule has 2 N–H and O–H groups in total. The van der Waals surface area contributed by atoms with Crippen LogP contribution in [0.2, 0.25) is 5.02 Å². The molecule has 1 atom stereocenters. The summed E-state index contributed by atoms with van der Waals surface area (Å²) in [6.45, 7) is 0.0223. The number of carbonyl (C=O) groups is 1. The number of nitriles is 1. The Balaban J connectivity index is 2.22. The number of allylic oxidation sites excluding steroid dienone is 1. The highest BCUT2D eigenvalue weighted by molar-refractivity contribution is 6.31. The molecule has 0 radical (unpaired) electrons. The summed E-state index contributed by atoms with van der Waals surface area (Å²) in [5.41, 5.74) is 6.85. The average Bonchev–Trinajstić information content (AvgIpc) is 2.79. The lowest BCUT2D eigenvalue weighted by atomic mass is 9.83. The number of hydrogen-bond acceptors (Lipinski definition) is 5. The van der Waals surface area contributed by atoms with Crippen LogP contribution < -0.4 is 5.73 Å². The molecule has 2 aliphatic heterocycles. The van der Waals surface area contributed by atoms with E-state index in [4.69, 9.17) is 26.8 Å². The Morgan fingerprint density at radius 3 is 2.85 bits per heavy atom. The van der Waals surface area contributed by atoms with E-state index in [1.165, 1.54) is 0 Å². The first kappa shape index (κ1) is 12.6. The summed E-state index contributed by atoms with van der Waals surface area (Å²) in [5, 5.41) is 9.76. The van der Waals surface area contributed by atoms with E-state index in [2.05, 4.69) is 0 Å². The maximum absolute atomic E-state index is 11.9. The molecule has 0 bridgehead atoms. The van der Waals surface area contributed by atoms with E-state index in [0.717, 1.165) is 0 Å². The highest BCUT2D eigenvalue weighted by Crippen LogP contribution is 2.43. The van der Waals surface area contributed by atoms with Gasteiger partial charge in [0.1, 0.15) is 18.2 Å². The molecule has 0 saturated carbocycles. The molecule has 2 aliphatic rings. The molecule has 5 nitrogen and oxygen atoms in total. The van der Waals surface area contributed by atoms with Crippen molar-refractivity contribution >= 4 is 17.6 Å². The van der Waals surface area contributed by atoms with Crippen LogP contribution in [-0.2, 0) is 14.3 Å². The third-order valence-electron chi connectivity index (χ3n) is 3.27. The fourth-order valence-corrected chi connectivity index (χ4v) is 2.62. The maximum atomic E-state index is 11.9. The molecule has 0 amide bonds. The van der Waals surface area contributed by atoms with Crippen molar-refractivity contribution in [3.05, 3.63) is 57.6 Å². The van der Waals surface area contributed by atoms with Gasteiger partial charge in [-0.3, -0.25) is 0 Å². The van der Waals surface area contributed by atoms with Crippen molar-refractivity contribution < 1.29 is 14.3 Å². The molecule has 20 heavy (non-hydrogen) atoms. The molecular weight excluding hydrogens is 280 g/mol. The standard InChI is InChI=1S/C14H9ClN2O3/c15-9-4-2-1-3-7(9)11-8(5-16)13(17)20-10-6-19-14(18)12(10)11/h1-4,11H,6,17H2/t11-/m0/s1. The van der Waals surface area contributed by atoms with Gasteiger partial charge in [-0.15, -0.1) is 0 Å². The molecule has 6 heteroatoms. The Kier molecular flexibility index (Phi) is 2.88. The number of hydrogen-bond donors (Lipinski definition) is 1. The van der Waals surface area contributed by atoms with Gasteiger partial charge < -0.3 is 15.2 Å². The maximum Gasteiger partial charge on any atom is 0.339 e. The normalized spacial score (nSPS) is 21.2. The highest BCUT2D eigenvalue weighted by Gasteiger charge is 2.41. The van der Waals surface area contributed by atoms with Gasteiger partial charge in [0.2, 0.25) is 5.88 Å². The van der Waals surface area contributed by atoms with Gasteiger partial charge in [-0.05, 0) is 11.6 Å². The predicted octanol–water partition coefficient (Wildman–Crippen LogP) is 1.96. The van der Waals surface area contributed by atoms with E-state index in [1.807, 2.05) is 6.07 Å². The summed E-state index contributed by atoms with van der Waals surface area (Å²) in [6, 6.07) is 8.98. The van der Waals surface area contributed by atoms with Crippen molar-refractivity contribution in [2.45, 2.75) is 5.92 Å². The third kappa shape index (κ3) is 1.74. The van der Waals surface area contributed by atoms with Gasteiger partial charge in [-0.1, -0.05) is 29.8 Å². The molecule has 0 aromatic heterocycles. The van der Waals surface area contributed by atoms with Crippen LogP contribution in [-0.4, -0.2) is 12.6 Å². The fraction of sp³-hybridized carbons (Fsp3) is 0.143. The third-order valence-corrected chi connectivity index (χ3v) is 3.61. The Morgan fingerprint density at radius 1 is 1.40 bits per heavy atom. The van der Waals surface area contributed by atoms with Gasteiger partial charge in [-0.25, -0.2) is 4.79 Å². The minimum absolute atomic E-state index is 0.0190. The number of nitrogens with two attached hydrogens (primary N) is 1. The lowest BCUT2D eigenvalue weighted by molar-refractivity contribution is -0.136. The summed E-state index contributed by atoms with van der Waals surface area (Å²) in [5.74, 6) is -0.830. The molecule has 0 fully saturated rings. The molecule has 0 saturated heterocycles. The van der Waals surface area contributed by atoms with Crippen molar-refractivity contribution in [2.75, 3.05) is 6.61 Å². The van der Waals surface area contributed by atoms with Gasteiger partial charge in [-0.2, -0.15) is 5.26 Å². The molecule has 1 aromatic carbocycles. The van der Waals surface area contributed by atoms with Crippen LogP contribution in [0.5, 0.6) is 0 Å². The summed E-state index contributed by atoms with van der Waals surface area (Å²) >= 11 is 6.18. The number of nitrogens with zero attached hydrogens (tertiary/aromatic N) is 1. The number of carbonyl (C=O) groups excluding carboxylic acids is 1. The van der Waals surface area contributed by atoms with Crippen LogP contribution in [0.1, 0.15) is 11.5 Å². The topological polar surface area (TPSA) is 85.3 Å². The first-order valence-electron chi connectivity index (χ1n) is 5.85. The summed E-state index contributed by atoms with van der Waals surface area (Å²) in [7, 11) is 0. The number of halogens is 1. The second kappa shape index (κ2) is 4.58. The molecule has 2 heterocycles. The van der Waals surface area contributed by atoms with E-state index in [-0.39, 0.29) is 18.1 Å². The number of ether oxygens (including phenoxy) is 2. The second-order valence-corrected chi connectivity index (χ2v) is 4.77. The molecule has 1 aromatic rings. The number of rotatable bonds is 1. The van der Waals surface area contributed by atoms with Crippen molar-refractivity contribution in [1.82, 2.24) is 0 Å². The summed E-state index contributed by atoms with van der Waals surface area (Å²) < 4.78 is 10.3. The van der Waals surface area contributed by atoms with Gasteiger partial charge in [0.15, 0.2) is 5.76 Å². The summed E-state index contributed by atoms with van der Waals surface area (Å²) in [6.07, 6.45) is 0. The lowest BCUT2D eigenvalue weighted by Crippen LogP contribution is -2.22. The van der Waals surface area contributed by atoms with Gasteiger partial charge >= 0.3 is 5.97 Å². The van der Waals surface area contributed by atoms with E-state index >= 15 is 0 Å². The highest BCUT2D eigenvalue weighted by atomic mass is 35.5. The Bertz CT molecular complexity index is 715. The monoisotopic (exact) mass is 288 g/mol. The summed E-state index contributed by atoms with van der Waals surface area (Å²) in [4.78, 5) is 11.9. The fourth-order valence-electron chi connectivity index (χ4n) is 2.38. The van der Waals surface area contributed by atoms with Crippen LogP contribution in [0.4, 0.5) is 0 Å². The minimum atomic E-state index is -0.646. The molecular formula is C14H9ClN2O3. The van der Waals surface area contributed by atoms with Crippen LogP contribution in [0.3, 0.4) is 0 Å². The average molecular weight is 289 g/mol. The zero-order valence-corrected chi connectivity index (χ0v) is 11.0. The zero-order valence-electron chi connectivity index (χ0n) is 10.2. The van der Waals surface area contributed by atoms with Crippen LogP contribution in [0.15, 0.2) is 47.1 Å². The Labute approximate surface area is 119 Å². The molecule has 100 valence electrons. The van der Waals surface area contributed by atoms with Crippen LogP contribution >= 0.6 is 11.6 Å². The van der Waals surface area contributed by atoms with E-state index < -0.39 is 11.9 Å². The lowest BCUT2D eigenvalue weighted by Gasteiger charge is -2.24. The first-order valence-corrected chi connectivity index (χ1v) is 6.23. The number of cyclic esters (lactones) is 1. The quantitative estimate of drug-likeness (QED) is 0.798. The van der Waals surface area contributed by atoms with E-state index in [1.54, 1.807) is 24.3 Å². The minimum Gasteiger partial charge on any atom is -0.454 e. The van der Waals surface area contributed by atoms with E-state index in [0.29, 0.717) is 21.9 Å². The number of esters is 1. The van der Waals surface area contributed by atoms with E-state index in [9.17, 15) is 10.1 Å². The molecule has 0 spiro atoms. The Morgan fingerprint density at radius 2 is 2.15 bits per heavy atom. The smallest absolute Gasteiger partial charge is 0.339 e. The van der Waals surface area contributed by atoms with Crippen LogP contribution in [0, 0.1) is 11.3 Å². The molecule has 3 rings (SSSR count). The molecule has 0 unspecified atom stereocenters. The van der Waals surface area contributed by atoms with Crippen LogP contribution in [0.25, 0.3) is 0 Å². The van der Waals surface area contributed by atoms with Crippen molar-refractivity contribution in [1.29, 1.82) is 5.26 Å². The largest absolute Gasteiger partial charge is 0.454 e. The predicted molar refractivity (Wildman–Crippen MR) is 70.1 cm³/mol. The second-order valence-electron chi connectivity index (χ2n) is 4.36.